The number of hydrogen-bond donors (Lipinski definition) is 2. The molecule has 0 aliphatic rings. The molecule has 1 aromatic rings. The summed E-state index contributed by atoms with van der Waals surface area (Å²) in [5.41, 5.74) is 2.91. The number of hydrogen-bond acceptors (Lipinski definition) is 3. The molecule has 15 heavy (non-hydrogen) atoms. The molecular formula is C8H10BrF3N2O. The van der Waals surface area contributed by atoms with Crippen molar-refractivity contribution >= 4 is 15.9 Å². The van der Waals surface area contributed by atoms with Crippen molar-refractivity contribution in [3.8, 4) is 0 Å². The molecular weight excluding hydrogens is 277 g/mol. The van der Waals surface area contributed by atoms with E-state index < -0.39 is 18.6 Å². The Balaban J connectivity index is 2.61. The zero-order valence-electron chi connectivity index (χ0n) is 7.64. The second-order valence-electron chi connectivity index (χ2n) is 3.02. The van der Waals surface area contributed by atoms with Gasteiger partial charge in [-0.05, 0) is 28.4 Å². The smallest absolute Gasteiger partial charge is 0.389 e. The lowest BCUT2D eigenvalue weighted by atomic mass is 10.1. The number of rotatable bonds is 4. The molecule has 1 aromatic heterocycles. The summed E-state index contributed by atoms with van der Waals surface area (Å²) in [4.78, 5) is 0. The lowest BCUT2D eigenvalue weighted by Gasteiger charge is -2.15. The van der Waals surface area contributed by atoms with Crippen molar-refractivity contribution < 1.29 is 17.6 Å². The number of halogens is 4. The molecule has 0 spiro atoms. The van der Waals surface area contributed by atoms with Crippen LogP contribution in [0.5, 0.6) is 0 Å². The summed E-state index contributed by atoms with van der Waals surface area (Å²) < 4.78 is 41.3. The summed E-state index contributed by atoms with van der Waals surface area (Å²) in [5.74, 6) is 5.18. The fourth-order valence-corrected chi connectivity index (χ4v) is 1.71. The first-order valence-corrected chi connectivity index (χ1v) is 4.99. The van der Waals surface area contributed by atoms with Gasteiger partial charge in [0.25, 0.3) is 0 Å². The van der Waals surface area contributed by atoms with Gasteiger partial charge in [-0.15, -0.1) is 0 Å². The first-order chi connectivity index (χ1) is 6.94. The second kappa shape index (κ2) is 5.00. The lowest BCUT2D eigenvalue weighted by molar-refractivity contribution is -0.136. The molecule has 1 rings (SSSR count). The summed E-state index contributed by atoms with van der Waals surface area (Å²) in [6, 6.07) is 1.00. The Morgan fingerprint density at radius 2 is 2.20 bits per heavy atom. The Morgan fingerprint density at radius 3 is 2.60 bits per heavy atom. The van der Waals surface area contributed by atoms with Gasteiger partial charge in [0.15, 0.2) is 4.67 Å². The van der Waals surface area contributed by atoms with Crippen molar-refractivity contribution in [2.45, 2.75) is 25.1 Å². The maximum atomic E-state index is 12.0. The molecule has 0 saturated carbocycles. The van der Waals surface area contributed by atoms with E-state index in [9.17, 15) is 13.2 Å². The molecule has 0 amide bonds. The Morgan fingerprint density at radius 1 is 1.53 bits per heavy atom. The van der Waals surface area contributed by atoms with Crippen LogP contribution in [-0.2, 0) is 0 Å². The van der Waals surface area contributed by atoms with Gasteiger partial charge < -0.3 is 4.42 Å². The minimum absolute atomic E-state index is 0.127. The minimum Gasteiger partial charge on any atom is -0.457 e. The Labute approximate surface area is 92.9 Å². The highest BCUT2D eigenvalue weighted by Gasteiger charge is 2.29. The van der Waals surface area contributed by atoms with Gasteiger partial charge in [-0.25, -0.2) is 0 Å². The maximum absolute atomic E-state index is 12.0. The van der Waals surface area contributed by atoms with Crippen molar-refractivity contribution in [3.05, 3.63) is 22.6 Å². The summed E-state index contributed by atoms with van der Waals surface area (Å²) in [5, 5.41) is 0. The van der Waals surface area contributed by atoms with Crippen LogP contribution >= 0.6 is 15.9 Å². The van der Waals surface area contributed by atoms with Crippen LogP contribution in [0.15, 0.2) is 21.4 Å². The highest BCUT2D eigenvalue weighted by molar-refractivity contribution is 9.10. The van der Waals surface area contributed by atoms with Crippen molar-refractivity contribution in [2.75, 3.05) is 0 Å². The van der Waals surface area contributed by atoms with E-state index in [1.807, 2.05) is 0 Å². The van der Waals surface area contributed by atoms with Gasteiger partial charge in [0.05, 0.1) is 12.3 Å². The molecule has 3 nitrogen and oxygen atoms in total. The van der Waals surface area contributed by atoms with Crippen LogP contribution in [0.3, 0.4) is 0 Å². The van der Waals surface area contributed by atoms with Crippen molar-refractivity contribution in [3.63, 3.8) is 0 Å². The molecule has 0 aliphatic heterocycles. The van der Waals surface area contributed by atoms with Crippen LogP contribution in [-0.4, -0.2) is 6.18 Å². The van der Waals surface area contributed by atoms with E-state index in [0.717, 1.165) is 0 Å². The van der Waals surface area contributed by atoms with Gasteiger partial charge in [-0.1, -0.05) is 0 Å². The second-order valence-corrected chi connectivity index (χ2v) is 3.74. The summed E-state index contributed by atoms with van der Waals surface area (Å²) >= 11 is 3.08. The molecule has 0 bridgehead atoms. The number of furan rings is 1. The van der Waals surface area contributed by atoms with Gasteiger partial charge in [-0.3, -0.25) is 11.3 Å². The Hall–Kier alpha value is -0.530. The van der Waals surface area contributed by atoms with Crippen LogP contribution in [0.2, 0.25) is 0 Å². The molecule has 3 N–H and O–H groups in total. The number of alkyl halides is 3. The average molecular weight is 287 g/mol. The third-order valence-electron chi connectivity index (χ3n) is 1.94. The molecule has 0 saturated heterocycles. The van der Waals surface area contributed by atoms with E-state index in [1.165, 1.54) is 6.26 Å². The van der Waals surface area contributed by atoms with Gasteiger partial charge in [0, 0.05) is 12.0 Å². The topological polar surface area (TPSA) is 51.2 Å². The zero-order valence-corrected chi connectivity index (χ0v) is 9.23. The molecule has 1 unspecified atom stereocenters. The molecule has 0 radical (unpaired) electrons. The highest BCUT2D eigenvalue weighted by Crippen LogP contribution is 2.31. The van der Waals surface area contributed by atoms with Crippen LogP contribution < -0.4 is 11.3 Å². The van der Waals surface area contributed by atoms with Crippen LogP contribution in [0.25, 0.3) is 0 Å². The van der Waals surface area contributed by atoms with Gasteiger partial charge >= 0.3 is 6.18 Å². The minimum atomic E-state index is -4.18. The van der Waals surface area contributed by atoms with Gasteiger partial charge in [-0.2, -0.15) is 13.2 Å². The van der Waals surface area contributed by atoms with E-state index in [-0.39, 0.29) is 6.42 Å². The zero-order chi connectivity index (χ0) is 11.5. The van der Waals surface area contributed by atoms with Crippen molar-refractivity contribution in [2.24, 2.45) is 5.84 Å². The van der Waals surface area contributed by atoms with Gasteiger partial charge in [0.2, 0.25) is 0 Å². The van der Waals surface area contributed by atoms with Crippen molar-refractivity contribution in [1.29, 1.82) is 0 Å². The molecule has 0 aromatic carbocycles. The van der Waals surface area contributed by atoms with E-state index in [1.54, 1.807) is 6.07 Å². The van der Waals surface area contributed by atoms with E-state index in [4.69, 9.17) is 10.3 Å². The maximum Gasteiger partial charge on any atom is 0.389 e. The predicted octanol–water partition coefficient (Wildman–Crippen LogP) is 2.89. The first-order valence-electron chi connectivity index (χ1n) is 4.20. The third kappa shape index (κ3) is 3.84. The normalized spacial score (nSPS) is 14.2. The predicted molar refractivity (Wildman–Crippen MR) is 51.8 cm³/mol. The average Bonchev–Trinajstić information content (AvgIpc) is 2.52. The monoisotopic (exact) mass is 286 g/mol. The molecule has 1 atom stereocenters. The Kier molecular flexibility index (Phi) is 4.18. The largest absolute Gasteiger partial charge is 0.457 e. The SMILES string of the molecule is NNC(CCC(F)(F)F)c1ccoc1Br. The van der Waals surface area contributed by atoms with E-state index >= 15 is 0 Å². The fraction of sp³-hybridized carbons (Fsp3) is 0.500. The molecule has 0 aliphatic carbocycles. The molecule has 7 heteroatoms. The van der Waals surface area contributed by atoms with E-state index in [0.29, 0.717) is 10.2 Å². The summed E-state index contributed by atoms with van der Waals surface area (Å²) in [6.07, 6.45) is -3.81. The molecule has 86 valence electrons. The lowest BCUT2D eigenvalue weighted by Crippen LogP contribution is -2.29. The highest BCUT2D eigenvalue weighted by atomic mass is 79.9. The van der Waals surface area contributed by atoms with Crippen LogP contribution in [0, 0.1) is 0 Å². The summed E-state index contributed by atoms with van der Waals surface area (Å²) in [7, 11) is 0. The quantitative estimate of drug-likeness (QED) is 0.661. The summed E-state index contributed by atoms with van der Waals surface area (Å²) in [6.45, 7) is 0. The van der Waals surface area contributed by atoms with Crippen molar-refractivity contribution in [1.82, 2.24) is 5.43 Å². The van der Waals surface area contributed by atoms with E-state index in [2.05, 4.69) is 21.4 Å². The standard InChI is InChI=1S/C8H10BrF3N2O/c9-7-5(2-4-15-7)6(14-13)1-3-8(10,11)12/h2,4,6,14H,1,3,13H2. The first kappa shape index (κ1) is 12.5. The fourth-order valence-electron chi connectivity index (χ4n) is 1.19. The molecule has 0 fully saturated rings. The Bertz CT molecular complexity index is 313. The number of nitrogens with two attached hydrogens (primary N) is 1. The molecule has 1 heterocycles. The third-order valence-corrected chi connectivity index (χ3v) is 2.58. The van der Waals surface area contributed by atoms with Crippen LogP contribution in [0.1, 0.15) is 24.4 Å². The van der Waals surface area contributed by atoms with Crippen LogP contribution in [0.4, 0.5) is 13.2 Å². The van der Waals surface area contributed by atoms with Gasteiger partial charge in [0.1, 0.15) is 0 Å². The number of nitrogens with one attached hydrogen (secondary N) is 1. The number of hydrazine groups is 1.